The van der Waals surface area contributed by atoms with Crippen LogP contribution in [-0.4, -0.2) is 49.5 Å². The number of esters is 1. The fraction of sp³-hybridized carbons (Fsp3) is 0.344. The van der Waals surface area contributed by atoms with Crippen molar-refractivity contribution >= 4 is 40.9 Å². The summed E-state index contributed by atoms with van der Waals surface area (Å²) in [6, 6.07) is 14.8. The molecule has 2 aliphatic rings. The minimum Gasteiger partial charge on any atom is -0.466 e. The normalized spacial score (nSPS) is 19.5. The van der Waals surface area contributed by atoms with Gasteiger partial charge in [0.1, 0.15) is 5.82 Å². The van der Waals surface area contributed by atoms with Crippen molar-refractivity contribution in [2.75, 3.05) is 26.9 Å². The van der Waals surface area contributed by atoms with Gasteiger partial charge in [-0.1, -0.05) is 47.5 Å². The number of Topliss-reactive ketones (excluding diaryl/α,β-unsaturated/α-hetero) is 1. The fourth-order valence-electron chi connectivity index (χ4n) is 5.91. The lowest BCUT2D eigenvalue weighted by molar-refractivity contribution is -0.148. The number of benzene rings is 3. The second-order valence-electron chi connectivity index (χ2n) is 10.2. The maximum absolute atomic E-state index is 16.4. The summed E-state index contributed by atoms with van der Waals surface area (Å²) in [7, 11) is 1.37. The van der Waals surface area contributed by atoms with E-state index in [0.717, 1.165) is 0 Å². The van der Waals surface area contributed by atoms with Crippen LogP contribution in [-0.2, 0) is 24.7 Å². The number of amides is 1. The molecule has 0 bridgehead atoms. The Hall–Kier alpha value is -3.30. The molecule has 0 spiro atoms. The molecule has 0 radical (unpaired) electrons. The van der Waals surface area contributed by atoms with Gasteiger partial charge < -0.3 is 14.2 Å². The smallest absolute Gasteiger partial charge is 0.308 e. The first kappa shape index (κ1) is 30.2. The lowest BCUT2D eigenvalue weighted by Gasteiger charge is -2.42. The van der Waals surface area contributed by atoms with Crippen LogP contribution in [0.1, 0.15) is 69.6 Å². The molecule has 1 saturated heterocycles. The van der Waals surface area contributed by atoms with Crippen LogP contribution in [0.5, 0.6) is 0 Å². The molecule has 3 aromatic rings. The quantitative estimate of drug-likeness (QED) is 0.196. The van der Waals surface area contributed by atoms with Gasteiger partial charge in [0, 0.05) is 47.4 Å². The topological polar surface area (TPSA) is 82.1 Å². The molecule has 3 aromatic carbocycles. The first-order valence-corrected chi connectivity index (χ1v) is 14.5. The molecule has 42 heavy (non-hydrogen) atoms. The van der Waals surface area contributed by atoms with Crippen molar-refractivity contribution in [3.8, 4) is 0 Å². The molecular formula is C32H30Cl2FNO6. The summed E-state index contributed by atoms with van der Waals surface area (Å²) >= 11 is 12.4. The van der Waals surface area contributed by atoms with Crippen molar-refractivity contribution < 1.29 is 33.0 Å². The molecule has 0 saturated carbocycles. The predicted molar refractivity (Wildman–Crippen MR) is 155 cm³/mol. The Labute approximate surface area is 253 Å². The van der Waals surface area contributed by atoms with E-state index in [2.05, 4.69) is 0 Å². The van der Waals surface area contributed by atoms with Gasteiger partial charge >= 0.3 is 5.97 Å². The molecule has 2 heterocycles. The summed E-state index contributed by atoms with van der Waals surface area (Å²) in [5, 5.41) is 0.891. The molecule has 1 fully saturated rings. The minimum absolute atomic E-state index is 0.0231. The van der Waals surface area contributed by atoms with Gasteiger partial charge in [0.05, 0.1) is 30.2 Å². The van der Waals surface area contributed by atoms with Crippen LogP contribution < -0.4 is 0 Å². The number of rotatable bonds is 9. The molecule has 0 N–H and O–H groups in total. The number of hydrogen-bond acceptors (Lipinski definition) is 6. The highest BCUT2D eigenvalue weighted by Crippen LogP contribution is 2.51. The zero-order chi connectivity index (χ0) is 30.0. The number of carbonyl (C=O) groups excluding carboxylic acids is 3. The second kappa shape index (κ2) is 12.5. The van der Waals surface area contributed by atoms with Gasteiger partial charge in [-0.2, -0.15) is 0 Å². The average Bonchev–Trinajstić information content (AvgIpc) is 3.25. The van der Waals surface area contributed by atoms with Gasteiger partial charge in [-0.25, -0.2) is 4.39 Å². The summed E-state index contributed by atoms with van der Waals surface area (Å²) in [6.07, 6.45) is 0.786. The van der Waals surface area contributed by atoms with Crippen molar-refractivity contribution in [2.45, 2.75) is 38.0 Å². The van der Waals surface area contributed by atoms with Crippen LogP contribution in [0.15, 0.2) is 60.7 Å². The zero-order valence-electron chi connectivity index (χ0n) is 23.2. The number of nitrogens with zero attached hydrogens (tertiary/aromatic N) is 1. The highest BCUT2D eigenvalue weighted by Gasteiger charge is 2.56. The van der Waals surface area contributed by atoms with Gasteiger partial charge in [-0.15, -0.1) is 0 Å². The third-order valence-corrected chi connectivity index (χ3v) is 8.36. The molecule has 2 atom stereocenters. The number of fused-ring (bicyclic) bond motifs is 1. The molecule has 1 unspecified atom stereocenters. The molecule has 0 aromatic heterocycles. The summed E-state index contributed by atoms with van der Waals surface area (Å²) in [5.41, 5.74) is -0.816. The number of methoxy groups -OCH3 is 1. The van der Waals surface area contributed by atoms with Gasteiger partial charge in [0.25, 0.3) is 5.91 Å². The van der Waals surface area contributed by atoms with Crippen molar-refractivity contribution in [1.29, 1.82) is 0 Å². The first-order valence-electron chi connectivity index (χ1n) is 13.7. The van der Waals surface area contributed by atoms with Crippen molar-refractivity contribution in [2.24, 2.45) is 5.92 Å². The largest absolute Gasteiger partial charge is 0.466 e. The Morgan fingerprint density at radius 3 is 2.26 bits per heavy atom. The van der Waals surface area contributed by atoms with E-state index >= 15 is 4.39 Å². The highest BCUT2D eigenvalue weighted by atomic mass is 35.5. The Morgan fingerprint density at radius 1 is 1.05 bits per heavy atom. The Kier molecular flexibility index (Phi) is 8.99. The van der Waals surface area contributed by atoms with E-state index in [0.29, 0.717) is 47.2 Å². The maximum atomic E-state index is 16.4. The number of ketones is 1. The van der Waals surface area contributed by atoms with Crippen LogP contribution in [0.2, 0.25) is 10.0 Å². The van der Waals surface area contributed by atoms with Gasteiger partial charge in [0.15, 0.2) is 11.5 Å². The Bertz CT molecular complexity index is 1490. The molecule has 2 aliphatic heterocycles. The molecule has 5 rings (SSSR count). The highest BCUT2D eigenvalue weighted by molar-refractivity contribution is 6.30. The zero-order valence-corrected chi connectivity index (χ0v) is 24.7. The van der Waals surface area contributed by atoms with Crippen LogP contribution in [0.4, 0.5) is 4.39 Å². The van der Waals surface area contributed by atoms with E-state index < -0.39 is 29.5 Å². The van der Waals surface area contributed by atoms with E-state index in [1.54, 1.807) is 55.5 Å². The molecular weight excluding hydrogens is 584 g/mol. The molecule has 1 amide bonds. The van der Waals surface area contributed by atoms with Crippen LogP contribution in [0.3, 0.4) is 0 Å². The Balaban J connectivity index is 1.73. The standard InChI is InChI=1S/C32H30Cl2FNO6/c1-3-42-28(37)18-27(19-4-8-23(33)9-5-19)36-31(39)25-16-21(30(38)20-12-14-41-15-13-20)17-26(35)29(25)32(36,40-2)22-6-10-24(34)11-7-22/h4-11,16-17,20,27H,3,12-15,18H2,1-2H3/t27?,32-/m1/s1. The SMILES string of the molecule is CCOC(=O)CC(c1ccc(Cl)cc1)N1C(=O)c2cc(C(=O)C3CCOCC3)cc(F)c2[C@]1(OC)c1ccc(Cl)cc1. The van der Waals surface area contributed by atoms with E-state index in [1.807, 2.05) is 0 Å². The predicted octanol–water partition coefficient (Wildman–Crippen LogP) is 6.74. The van der Waals surface area contributed by atoms with Gasteiger partial charge in [-0.05, 0) is 61.7 Å². The minimum atomic E-state index is -1.81. The fourth-order valence-corrected chi connectivity index (χ4v) is 6.16. The third kappa shape index (κ3) is 5.44. The van der Waals surface area contributed by atoms with Crippen LogP contribution >= 0.6 is 23.2 Å². The van der Waals surface area contributed by atoms with Gasteiger partial charge in [-0.3, -0.25) is 19.3 Å². The monoisotopic (exact) mass is 613 g/mol. The number of carbonyl (C=O) groups is 3. The Morgan fingerprint density at radius 2 is 1.67 bits per heavy atom. The van der Waals surface area contributed by atoms with Crippen molar-refractivity contribution in [3.05, 3.63) is 104 Å². The summed E-state index contributed by atoms with van der Waals surface area (Å²) in [6.45, 7) is 2.71. The number of halogens is 3. The molecule has 10 heteroatoms. The molecule has 220 valence electrons. The lowest BCUT2D eigenvalue weighted by Crippen LogP contribution is -2.49. The summed E-state index contributed by atoms with van der Waals surface area (Å²) in [5.74, 6) is -2.52. The summed E-state index contributed by atoms with van der Waals surface area (Å²) < 4.78 is 33.2. The molecule has 0 aliphatic carbocycles. The van der Waals surface area contributed by atoms with Crippen molar-refractivity contribution in [3.63, 3.8) is 0 Å². The first-order chi connectivity index (χ1) is 20.2. The van der Waals surface area contributed by atoms with E-state index in [9.17, 15) is 14.4 Å². The van der Waals surface area contributed by atoms with Gasteiger partial charge in [0.2, 0.25) is 0 Å². The van der Waals surface area contributed by atoms with E-state index in [-0.39, 0.29) is 41.4 Å². The lowest BCUT2D eigenvalue weighted by atomic mass is 9.87. The third-order valence-electron chi connectivity index (χ3n) is 7.86. The molecule has 7 nitrogen and oxygen atoms in total. The van der Waals surface area contributed by atoms with Crippen LogP contribution in [0.25, 0.3) is 0 Å². The van der Waals surface area contributed by atoms with Crippen molar-refractivity contribution in [1.82, 2.24) is 4.90 Å². The average molecular weight is 614 g/mol. The van der Waals surface area contributed by atoms with E-state index in [1.165, 1.54) is 24.1 Å². The van der Waals surface area contributed by atoms with Crippen LogP contribution in [0, 0.1) is 11.7 Å². The van der Waals surface area contributed by atoms with E-state index in [4.69, 9.17) is 37.4 Å². The second-order valence-corrected chi connectivity index (χ2v) is 11.1. The summed E-state index contributed by atoms with van der Waals surface area (Å²) in [4.78, 5) is 42.2. The number of hydrogen-bond donors (Lipinski definition) is 0. The maximum Gasteiger partial charge on any atom is 0.308 e. The number of ether oxygens (including phenoxy) is 3.